The lowest BCUT2D eigenvalue weighted by Crippen LogP contribution is -2.19. The van der Waals surface area contributed by atoms with Crippen LogP contribution in [0.15, 0.2) is 24.5 Å². The zero-order chi connectivity index (χ0) is 15.5. The van der Waals surface area contributed by atoms with Crippen LogP contribution in [-0.4, -0.2) is 41.8 Å². The van der Waals surface area contributed by atoms with Crippen LogP contribution in [0.4, 0.5) is 5.82 Å². The molecule has 2 rings (SSSR count). The SMILES string of the molecule is NS(=O)(=O)CCCNc1ncnc2cc(C(=O)O)ccc12. The molecule has 0 atom stereocenters. The number of anilines is 1. The molecule has 112 valence electrons. The molecule has 0 fully saturated rings. The summed E-state index contributed by atoms with van der Waals surface area (Å²) in [5.74, 6) is -0.629. The molecule has 4 N–H and O–H groups in total. The van der Waals surface area contributed by atoms with Gasteiger partial charge >= 0.3 is 5.97 Å². The van der Waals surface area contributed by atoms with E-state index in [9.17, 15) is 13.2 Å². The number of carboxylic acid groups (broad SMARTS) is 1. The van der Waals surface area contributed by atoms with Crippen molar-refractivity contribution >= 4 is 32.7 Å². The van der Waals surface area contributed by atoms with Crippen LogP contribution in [0.5, 0.6) is 0 Å². The van der Waals surface area contributed by atoms with Gasteiger partial charge in [0.2, 0.25) is 10.0 Å². The molecular weight excluding hydrogens is 296 g/mol. The van der Waals surface area contributed by atoms with Crippen molar-refractivity contribution in [2.24, 2.45) is 5.14 Å². The quantitative estimate of drug-likeness (QED) is 0.658. The molecule has 0 saturated heterocycles. The number of aromatic carboxylic acids is 1. The van der Waals surface area contributed by atoms with Gasteiger partial charge in [-0.1, -0.05) is 0 Å². The molecule has 0 aliphatic heterocycles. The molecule has 9 heteroatoms. The number of aromatic nitrogens is 2. The first-order valence-electron chi connectivity index (χ1n) is 6.09. The lowest BCUT2D eigenvalue weighted by atomic mass is 10.1. The minimum atomic E-state index is -3.47. The average Bonchev–Trinajstić information content (AvgIpc) is 2.42. The fraction of sp³-hybridized carbons (Fsp3) is 0.250. The van der Waals surface area contributed by atoms with Gasteiger partial charge in [-0.25, -0.2) is 28.3 Å². The molecule has 0 amide bonds. The van der Waals surface area contributed by atoms with E-state index in [1.807, 2.05) is 0 Å². The summed E-state index contributed by atoms with van der Waals surface area (Å²) < 4.78 is 21.7. The van der Waals surface area contributed by atoms with Crippen LogP contribution in [0, 0.1) is 0 Å². The highest BCUT2D eigenvalue weighted by Crippen LogP contribution is 2.20. The normalized spacial score (nSPS) is 11.5. The third-order valence-corrected chi connectivity index (χ3v) is 3.64. The van der Waals surface area contributed by atoms with Gasteiger partial charge in [0, 0.05) is 11.9 Å². The molecule has 0 aliphatic rings. The van der Waals surface area contributed by atoms with Crippen molar-refractivity contribution in [1.82, 2.24) is 9.97 Å². The highest BCUT2D eigenvalue weighted by atomic mass is 32.2. The van der Waals surface area contributed by atoms with Crippen molar-refractivity contribution in [1.29, 1.82) is 0 Å². The number of nitrogens with one attached hydrogen (secondary N) is 1. The smallest absolute Gasteiger partial charge is 0.335 e. The first kappa shape index (κ1) is 15.1. The van der Waals surface area contributed by atoms with E-state index in [1.54, 1.807) is 6.07 Å². The average molecular weight is 310 g/mol. The van der Waals surface area contributed by atoms with Gasteiger partial charge in [-0.2, -0.15) is 0 Å². The fourth-order valence-electron chi connectivity index (χ4n) is 1.81. The molecule has 0 unspecified atom stereocenters. The van der Waals surface area contributed by atoms with Gasteiger partial charge < -0.3 is 10.4 Å². The summed E-state index contributed by atoms with van der Waals surface area (Å²) in [5.41, 5.74) is 0.639. The van der Waals surface area contributed by atoms with Crippen molar-refractivity contribution in [3.05, 3.63) is 30.1 Å². The van der Waals surface area contributed by atoms with E-state index in [-0.39, 0.29) is 11.3 Å². The Labute approximate surface area is 121 Å². The molecule has 21 heavy (non-hydrogen) atoms. The first-order chi connectivity index (χ1) is 9.87. The number of carboxylic acids is 1. The standard InChI is InChI=1S/C12H14N4O4S/c13-21(19,20)5-1-4-14-11-9-3-2-8(12(17)18)6-10(9)15-7-16-11/h2-3,6-7H,1,4-5H2,(H,17,18)(H2,13,19,20)(H,14,15,16). The molecule has 0 radical (unpaired) electrons. The van der Waals surface area contributed by atoms with Crippen LogP contribution >= 0.6 is 0 Å². The maximum Gasteiger partial charge on any atom is 0.335 e. The molecule has 0 aliphatic carbocycles. The fourth-order valence-corrected chi connectivity index (χ4v) is 2.36. The second-order valence-corrected chi connectivity index (χ2v) is 6.14. The number of carbonyl (C=O) groups is 1. The Kier molecular flexibility index (Phi) is 4.34. The highest BCUT2D eigenvalue weighted by molar-refractivity contribution is 7.89. The van der Waals surface area contributed by atoms with Crippen molar-refractivity contribution in [2.45, 2.75) is 6.42 Å². The summed E-state index contributed by atoms with van der Waals surface area (Å²) in [6, 6.07) is 4.53. The van der Waals surface area contributed by atoms with Crippen LogP contribution in [0.1, 0.15) is 16.8 Å². The summed E-state index contributed by atoms with van der Waals surface area (Å²) in [4.78, 5) is 19.0. The van der Waals surface area contributed by atoms with E-state index in [1.165, 1.54) is 18.5 Å². The molecule has 0 saturated carbocycles. The predicted molar refractivity (Wildman–Crippen MR) is 77.6 cm³/mol. The highest BCUT2D eigenvalue weighted by Gasteiger charge is 2.08. The van der Waals surface area contributed by atoms with Crippen molar-refractivity contribution in [3.63, 3.8) is 0 Å². The molecule has 2 aromatic rings. The van der Waals surface area contributed by atoms with Crippen LogP contribution in [-0.2, 0) is 10.0 Å². The lowest BCUT2D eigenvalue weighted by Gasteiger charge is -2.08. The lowest BCUT2D eigenvalue weighted by molar-refractivity contribution is 0.0697. The number of benzene rings is 1. The van der Waals surface area contributed by atoms with Crippen LogP contribution < -0.4 is 10.5 Å². The number of hydrogen-bond acceptors (Lipinski definition) is 6. The van der Waals surface area contributed by atoms with Crippen LogP contribution in [0.3, 0.4) is 0 Å². The van der Waals surface area contributed by atoms with Gasteiger partial charge in [0.1, 0.15) is 12.1 Å². The summed E-state index contributed by atoms with van der Waals surface area (Å²) in [7, 11) is -3.47. The topological polar surface area (TPSA) is 135 Å². The number of hydrogen-bond donors (Lipinski definition) is 3. The van der Waals surface area contributed by atoms with E-state index in [0.29, 0.717) is 29.7 Å². The largest absolute Gasteiger partial charge is 0.478 e. The number of sulfonamides is 1. The molecule has 8 nitrogen and oxygen atoms in total. The Morgan fingerprint density at radius 2 is 2.10 bits per heavy atom. The Morgan fingerprint density at radius 1 is 1.33 bits per heavy atom. The Balaban J connectivity index is 2.15. The van der Waals surface area contributed by atoms with Crippen molar-refractivity contribution in [3.8, 4) is 0 Å². The predicted octanol–water partition coefficient (Wildman–Crippen LogP) is 0.419. The Morgan fingerprint density at radius 3 is 2.76 bits per heavy atom. The number of nitrogens with two attached hydrogens (primary N) is 1. The van der Waals surface area contributed by atoms with E-state index >= 15 is 0 Å². The monoisotopic (exact) mass is 310 g/mol. The minimum Gasteiger partial charge on any atom is -0.478 e. The summed E-state index contributed by atoms with van der Waals surface area (Å²) >= 11 is 0. The van der Waals surface area contributed by atoms with Gasteiger partial charge in [0.05, 0.1) is 16.8 Å². The summed E-state index contributed by atoms with van der Waals surface area (Å²) in [6.45, 7) is 0.378. The number of rotatable bonds is 6. The number of primary sulfonamides is 1. The maximum atomic E-state index is 10.9. The summed E-state index contributed by atoms with van der Waals surface area (Å²) in [6.07, 6.45) is 1.66. The molecular formula is C12H14N4O4S. The van der Waals surface area contributed by atoms with Crippen molar-refractivity contribution in [2.75, 3.05) is 17.6 Å². The number of fused-ring (bicyclic) bond motifs is 1. The summed E-state index contributed by atoms with van der Waals surface area (Å²) in [5, 5.41) is 17.5. The number of nitrogens with zero attached hydrogens (tertiary/aromatic N) is 2. The van der Waals surface area contributed by atoms with Gasteiger partial charge in [-0.05, 0) is 24.6 Å². The van der Waals surface area contributed by atoms with E-state index < -0.39 is 16.0 Å². The Hall–Kier alpha value is -2.26. The first-order valence-corrected chi connectivity index (χ1v) is 7.81. The second-order valence-electron chi connectivity index (χ2n) is 4.41. The van der Waals surface area contributed by atoms with E-state index in [0.717, 1.165) is 0 Å². The van der Waals surface area contributed by atoms with E-state index in [2.05, 4.69) is 15.3 Å². The molecule has 0 bridgehead atoms. The Bertz CT molecular complexity index is 776. The van der Waals surface area contributed by atoms with Gasteiger partial charge in [-0.3, -0.25) is 0 Å². The molecule has 0 spiro atoms. The molecule has 1 aromatic heterocycles. The van der Waals surface area contributed by atoms with Crippen LogP contribution in [0.25, 0.3) is 10.9 Å². The second kappa shape index (κ2) is 6.02. The van der Waals surface area contributed by atoms with Gasteiger partial charge in [-0.15, -0.1) is 0 Å². The van der Waals surface area contributed by atoms with Crippen molar-refractivity contribution < 1.29 is 18.3 Å². The van der Waals surface area contributed by atoms with Gasteiger partial charge in [0.25, 0.3) is 0 Å². The third-order valence-electron chi connectivity index (χ3n) is 2.78. The van der Waals surface area contributed by atoms with Crippen LogP contribution in [0.2, 0.25) is 0 Å². The zero-order valence-electron chi connectivity index (χ0n) is 11.0. The minimum absolute atomic E-state index is 0.119. The maximum absolute atomic E-state index is 10.9. The van der Waals surface area contributed by atoms with E-state index in [4.69, 9.17) is 10.2 Å². The molecule has 1 aromatic carbocycles. The van der Waals surface area contributed by atoms with Gasteiger partial charge in [0.15, 0.2) is 0 Å². The zero-order valence-corrected chi connectivity index (χ0v) is 11.8. The molecule has 1 heterocycles. The third kappa shape index (κ3) is 4.10.